The number of rotatable bonds is 10. The molecule has 0 saturated heterocycles. The van der Waals surface area contributed by atoms with Gasteiger partial charge < -0.3 is 25.4 Å². The molecule has 1 saturated carbocycles. The number of aliphatic carboxylic acids is 1. The Morgan fingerprint density at radius 1 is 0.881 bits per heavy atom. The van der Waals surface area contributed by atoms with E-state index in [1.807, 2.05) is 18.2 Å². The van der Waals surface area contributed by atoms with E-state index in [1.165, 1.54) is 17.7 Å². The van der Waals surface area contributed by atoms with Gasteiger partial charge in [-0.2, -0.15) is 0 Å². The van der Waals surface area contributed by atoms with Crippen molar-refractivity contribution < 1.29 is 37.4 Å². The van der Waals surface area contributed by atoms with Crippen molar-refractivity contribution >= 4 is 23.6 Å². The molecular weight excluding hydrogens is 551 g/mol. The Bertz CT molecular complexity index is 1340. The monoisotopic (exact) mass is 583 g/mol. The van der Waals surface area contributed by atoms with Gasteiger partial charge in [-0.05, 0) is 79.1 Å². The van der Waals surface area contributed by atoms with E-state index in [9.17, 15) is 27.6 Å². The topological polar surface area (TPSA) is 108 Å². The van der Waals surface area contributed by atoms with E-state index >= 15 is 0 Å². The summed E-state index contributed by atoms with van der Waals surface area (Å²) in [5, 5.41) is 14.1. The number of ether oxygens (including phenoxy) is 1. The van der Waals surface area contributed by atoms with E-state index in [-0.39, 0.29) is 31.3 Å². The molecule has 1 fully saturated rings. The van der Waals surface area contributed by atoms with Crippen LogP contribution in [-0.4, -0.2) is 46.9 Å². The SMILES string of the molecule is O=C(O)CCNC(=O)c1ccc(CN(C(=O)Nc2ccc(OC(F)(F)F)cc2)C2CCC(c3ccccc3)CC2)cc1. The second kappa shape index (κ2) is 13.9. The molecule has 0 aromatic heterocycles. The zero-order chi connectivity index (χ0) is 30.1. The summed E-state index contributed by atoms with van der Waals surface area (Å²) in [4.78, 5) is 38.2. The average molecular weight is 584 g/mol. The highest BCUT2D eigenvalue weighted by Gasteiger charge is 2.32. The van der Waals surface area contributed by atoms with Gasteiger partial charge in [-0.1, -0.05) is 42.5 Å². The van der Waals surface area contributed by atoms with Crippen LogP contribution in [-0.2, 0) is 11.3 Å². The number of hydrogen-bond acceptors (Lipinski definition) is 4. The zero-order valence-corrected chi connectivity index (χ0v) is 22.8. The summed E-state index contributed by atoms with van der Waals surface area (Å²) < 4.78 is 41.5. The van der Waals surface area contributed by atoms with Crippen LogP contribution in [0.25, 0.3) is 0 Å². The van der Waals surface area contributed by atoms with Gasteiger partial charge in [0.1, 0.15) is 5.75 Å². The first-order valence-corrected chi connectivity index (χ1v) is 13.6. The first-order chi connectivity index (χ1) is 20.1. The van der Waals surface area contributed by atoms with Crippen molar-refractivity contribution in [3.8, 4) is 5.75 Å². The molecule has 3 amide bonds. The molecule has 3 N–H and O–H groups in total. The molecule has 1 aliphatic carbocycles. The van der Waals surface area contributed by atoms with Crippen LogP contribution in [0.2, 0.25) is 0 Å². The summed E-state index contributed by atoms with van der Waals surface area (Å²) >= 11 is 0. The Kier molecular flexibility index (Phi) is 10.1. The summed E-state index contributed by atoms with van der Waals surface area (Å²) in [7, 11) is 0. The van der Waals surface area contributed by atoms with Crippen LogP contribution in [0.4, 0.5) is 23.7 Å². The number of halogens is 3. The Hall–Kier alpha value is -4.54. The molecule has 4 rings (SSSR count). The van der Waals surface area contributed by atoms with Crippen molar-refractivity contribution in [1.82, 2.24) is 10.2 Å². The average Bonchev–Trinajstić information content (AvgIpc) is 2.97. The minimum atomic E-state index is -4.81. The summed E-state index contributed by atoms with van der Waals surface area (Å²) in [5.41, 5.74) is 2.74. The van der Waals surface area contributed by atoms with Crippen LogP contribution in [0.15, 0.2) is 78.9 Å². The Labute approximate surface area is 241 Å². The molecule has 222 valence electrons. The summed E-state index contributed by atoms with van der Waals surface area (Å²) in [5.74, 6) is -1.39. The maximum atomic E-state index is 13.5. The predicted molar refractivity (Wildman–Crippen MR) is 150 cm³/mol. The molecule has 11 heteroatoms. The quantitative estimate of drug-likeness (QED) is 0.251. The Balaban J connectivity index is 1.45. The fourth-order valence-electron chi connectivity index (χ4n) is 5.09. The van der Waals surface area contributed by atoms with E-state index in [4.69, 9.17) is 5.11 Å². The van der Waals surface area contributed by atoms with Crippen LogP contribution in [0.5, 0.6) is 5.75 Å². The van der Waals surface area contributed by atoms with Gasteiger partial charge in [0.15, 0.2) is 0 Å². The molecule has 0 unspecified atom stereocenters. The lowest BCUT2D eigenvalue weighted by Gasteiger charge is -2.37. The van der Waals surface area contributed by atoms with E-state index in [0.29, 0.717) is 17.2 Å². The fourth-order valence-corrected chi connectivity index (χ4v) is 5.09. The summed E-state index contributed by atoms with van der Waals surface area (Å²) in [6, 6.07) is 21.5. The number of carbonyl (C=O) groups excluding carboxylic acids is 2. The molecule has 0 radical (unpaired) electrons. The number of hydrogen-bond donors (Lipinski definition) is 3. The third-order valence-corrected chi connectivity index (χ3v) is 7.20. The molecule has 0 spiro atoms. The van der Waals surface area contributed by atoms with Gasteiger partial charge in [-0.3, -0.25) is 9.59 Å². The van der Waals surface area contributed by atoms with Crippen molar-refractivity contribution in [3.05, 3.63) is 95.6 Å². The second-order valence-corrected chi connectivity index (χ2v) is 10.1. The Morgan fingerprint density at radius 3 is 2.12 bits per heavy atom. The maximum Gasteiger partial charge on any atom is 0.573 e. The molecule has 1 aliphatic rings. The lowest BCUT2D eigenvalue weighted by atomic mass is 9.81. The molecular formula is C31H32F3N3O5. The highest BCUT2D eigenvalue weighted by molar-refractivity contribution is 5.94. The number of nitrogens with one attached hydrogen (secondary N) is 2. The van der Waals surface area contributed by atoms with Gasteiger partial charge in [0.2, 0.25) is 0 Å². The van der Waals surface area contributed by atoms with E-state index < -0.39 is 24.3 Å². The number of amides is 3. The smallest absolute Gasteiger partial charge is 0.481 e. The summed E-state index contributed by atoms with van der Waals surface area (Å²) in [6.45, 7) is 0.265. The van der Waals surface area contributed by atoms with Crippen molar-refractivity contribution in [3.63, 3.8) is 0 Å². The number of nitrogens with zero attached hydrogens (tertiary/aromatic N) is 1. The standard InChI is InChI=1S/C31H32F3N3O5/c32-31(33,34)42-27-16-12-25(13-17-27)36-30(41)37(26-14-10-23(11-15-26)22-4-2-1-3-5-22)20-21-6-8-24(9-7-21)29(40)35-19-18-28(38)39/h1-9,12-13,16-17,23,26H,10-11,14-15,18-20H2,(H,35,40)(H,36,41)(H,38,39). The van der Waals surface area contributed by atoms with E-state index in [0.717, 1.165) is 43.4 Å². The van der Waals surface area contributed by atoms with Crippen LogP contribution >= 0.6 is 0 Å². The maximum absolute atomic E-state index is 13.5. The van der Waals surface area contributed by atoms with Crippen molar-refractivity contribution in [2.45, 2.75) is 57.0 Å². The first kappa shape index (κ1) is 30.4. The van der Waals surface area contributed by atoms with Crippen molar-refractivity contribution in [2.24, 2.45) is 0 Å². The molecule has 0 atom stereocenters. The first-order valence-electron chi connectivity index (χ1n) is 13.6. The van der Waals surface area contributed by atoms with Crippen LogP contribution in [0.3, 0.4) is 0 Å². The largest absolute Gasteiger partial charge is 0.573 e. The third kappa shape index (κ3) is 8.98. The number of carbonyl (C=O) groups is 3. The van der Waals surface area contributed by atoms with Gasteiger partial charge in [-0.15, -0.1) is 13.2 Å². The van der Waals surface area contributed by atoms with Crippen LogP contribution < -0.4 is 15.4 Å². The Morgan fingerprint density at radius 2 is 1.52 bits per heavy atom. The van der Waals surface area contributed by atoms with Gasteiger partial charge in [0.05, 0.1) is 6.42 Å². The predicted octanol–water partition coefficient (Wildman–Crippen LogP) is 6.55. The molecule has 0 bridgehead atoms. The van der Waals surface area contributed by atoms with Crippen molar-refractivity contribution in [2.75, 3.05) is 11.9 Å². The van der Waals surface area contributed by atoms with Crippen molar-refractivity contribution in [1.29, 1.82) is 0 Å². The number of alkyl halides is 3. The molecule has 8 nitrogen and oxygen atoms in total. The second-order valence-electron chi connectivity index (χ2n) is 10.1. The number of carboxylic acid groups (broad SMARTS) is 1. The van der Waals surface area contributed by atoms with Gasteiger partial charge in [0.25, 0.3) is 5.91 Å². The molecule has 3 aromatic rings. The number of urea groups is 1. The van der Waals surface area contributed by atoms with Gasteiger partial charge in [-0.25, -0.2) is 4.79 Å². The zero-order valence-electron chi connectivity index (χ0n) is 22.8. The van der Waals surface area contributed by atoms with Gasteiger partial charge >= 0.3 is 18.4 Å². The number of anilines is 1. The van der Waals surface area contributed by atoms with Gasteiger partial charge in [0, 0.05) is 30.4 Å². The summed E-state index contributed by atoms with van der Waals surface area (Å²) in [6.07, 6.45) is -1.65. The van der Waals surface area contributed by atoms with Crippen LogP contribution in [0.1, 0.15) is 59.5 Å². The normalized spacial score (nSPS) is 16.7. The molecule has 0 heterocycles. The fraction of sp³-hybridized carbons (Fsp3) is 0.323. The van der Waals surface area contributed by atoms with E-state index in [1.54, 1.807) is 29.2 Å². The minimum Gasteiger partial charge on any atom is -0.481 e. The molecule has 42 heavy (non-hydrogen) atoms. The van der Waals surface area contributed by atoms with E-state index in [2.05, 4.69) is 27.5 Å². The lowest BCUT2D eigenvalue weighted by molar-refractivity contribution is -0.274. The lowest BCUT2D eigenvalue weighted by Crippen LogP contribution is -2.44. The molecule has 3 aromatic carbocycles. The van der Waals surface area contributed by atoms with Crippen LogP contribution in [0, 0.1) is 0 Å². The number of carboxylic acids is 1. The number of benzene rings is 3. The third-order valence-electron chi connectivity index (χ3n) is 7.20. The highest BCUT2D eigenvalue weighted by Crippen LogP contribution is 2.35. The minimum absolute atomic E-state index is 0.0127. The molecule has 0 aliphatic heterocycles. The highest BCUT2D eigenvalue weighted by atomic mass is 19.4.